The largest absolute Gasteiger partial charge is 0.492 e. The Morgan fingerprint density at radius 2 is 1.84 bits per heavy atom. The molecule has 2 heterocycles. The third-order valence-corrected chi connectivity index (χ3v) is 5.08. The van der Waals surface area contributed by atoms with E-state index in [1.54, 1.807) is 28.9 Å². The van der Waals surface area contributed by atoms with Gasteiger partial charge in [-0.25, -0.2) is 9.67 Å². The minimum atomic E-state index is -0.321. The number of halogens is 1. The summed E-state index contributed by atoms with van der Waals surface area (Å²) in [5, 5.41) is 8.05. The molecule has 4 rings (SSSR count). The Morgan fingerprint density at radius 3 is 2.56 bits per heavy atom. The Bertz CT molecular complexity index is 1310. The molecule has 164 valence electrons. The van der Waals surface area contributed by atoms with Crippen LogP contribution in [0.25, 0.3) is 16.7 Å². The number of benzene rings is 2. The van der Waals surface area contributed by atoms with Crippen molar-refractivity contribution in [2.75, 3.05) is 13.2 Å². The number of nitrogens with one attached hydrogen (secondary N) is 1. The molecule has 0 aliphatic heterocycles. The van der Waals surface area contributed by atoms with Gasteiger partial charge in [0, 0.05) is 5.02 Å². The van der Waals surface area contributed by atoms with Crippen LogP contribution in [0.2, 0.25) is 5.02 Å². The topological polar surface area (TPSA) is 91.0 Å². The first-order valence-electron chi connectivity index (χ1n) is 10.1. The summed E-state index contributed by atoms with van der Waals surface area (Å²) in [6.45, 7) is 4.46. The second-order valence-corrected chi connectivity index (χ2v) is 7.91. The van der Waals surface area contributed by atoms with E-state index in [9.17, 15) is 9.59 Å². The van der Waals surface area contributed by atoms with Crippen molar-refractivity contribution in [3.63, 3.8) is 0 Å². The number of hydrogen-bond acceptors (Lipinski definition) is 5. The molecule has 0 aliphatic carbocycles. The Kier molecular flexibility index (Phi) is 6.23. The number of aromatic nitrogens is 4. The van der Waals surface area contributed by atoms with E-state index in [0.717, 1.165) is 16.8 Å². The predicted molar refractivity (Wildman–Crippen MR) is 123 cm³/mol. The fourth-order valence-corrected chi connectivity index (χ4v) is 3.55. The van der Waals surface area contributed by atoms with Crippen molar-refractivity contribution >= 4 is 28.5 Å². The summed E-state index contributed by atoms with van der Waals surface area (Å²) in [5.41, 5.74) is 3.15. The van der Waals surface area contributed by atoms with E-state index in [1.807, 2.05) is 26.0 Å². The van der Waals surface area contributed by atoms with Gasteiger partial charge in [-0.1, -0.05) is 17.7 Å². The summed E-state index contributed by atoms with van der Waals surface area (Å²) in [4.78, 5) is 29.5. The van der Waals surface area contributed by atoms with E-state index >= 15 is 0 Å². The highest BCUT2D eigenvalue weighted by atomic mass is 35.5. The standard InChI is InChI=1S/C23H22ClN5O3/c1-15-9-16(2)11-18(10-15)29-22-20(12-27-29)23(31)28(14-26-22)13-21(30)25-7-8-32-19-5-3-17(24)4-6-19/h3-6,9-12,14H,7-8,13H2,1-2H3,(H,25,30). The summed E-state index contributed by atoms with van der Waals surface area (Å²) in [6.07, 6.45) is 2.85. The second kappa shape index (κ2) is 9.23. The zero-order chi connectivity index (χ0) is 22.7. The van der Waals surface area contributed by atoms with Crippen molar-refractivity contribution in [2.45, 2.75) is 20.4 Å². The molecule has 2 aromatic heterocycles. The lowest BCUT2D eigenvalue weighted by Crippen LogP contribution is -2.34. The van der Waals surface area contributed by atoms with Crippen LogP contribution in [0.1, 0.15) is 11.1 Å². The van der Waals surface area contributed by atoms with Gasteiger partial charge in [-0.2, -0.15) is 5.10 Å². The molecule has 0 bridgehead atoms. The third kappa shape index (κ3) is 4.81. The minimum Gasteiger partial charge on any atom is -0.492 e. The highest BCUT2D eigenvalue weighted by Crippen LogP contribution is 2.17. The number of nitrogens with zero attached hydrogens (tertiary/aromatic N) is 4. The molecule has 0 saturated carbocycles. The van der Waals surface area contributed by atoms with Gasteiger partial charge in [0.15, 0.2) is 5.65 Å². The molecular weight excluding hydrogens is 430 g/mol. The Morgan fingerprint density at radius 1 is 1.12 bits per heavy atom. The Hall–Kier alpha value is -3.65. The van der Waals surface area contributed by atoms with Gasteiger partial charge < -0.3 is 10.1 Å². The van der Waals surface area contributed by atoms with Gasteiger partial charge in [-0.15, -0.1) is 0 Å². The monoisotopic (exact) mass is 451 g/mol. The third-order valence-electron chi connectivity index (χ3n) is 4.83. The van der Waals surface area contributed by atoms with Crippen LogP contribution in [-0.2, 0) is 11.3 Å². The predicted octanol–water partition coefficient (Wildman–Crippen LogP) is 3.05. The summed E-state index contributed by atoms with van der Waals surface area (Å²) >= 11 is 5.83. The number of carbonyl (C=O) groups is 1. The molecule has 0 radical (unpaired) electrons. The minimum absolute atomic E-state index is 0.141. The van der Waals surface area contributed by atoms with Crippen molar-refractivity contribution in [3.05, 3.63) is 81.5 Å². The van der Waals surface area contributed by atoms with Crippen LogP contribution < -0.4 is 15.6 Å². The lowest BCUT2D eigenvalue weighted by molar-refractivity contribution is -0.121. The zero-order valence-electron chi connectivity index (χ0n) is 17.7. The normalized spacial score (nSPS) is 11.0. The number of amides is 1. The van der Waals surface area contributed by atoms with Crippen molar-refractivity contribution in [2.24, 2.45) is 0 Å². The average molecular weight is 452 g/mol. The van der Waals surface area contributed by atoms with E-state index < -0.39 is 0 Å². The zero-order valence-corrected chi connectivity index (χ0v) is 18.5. The molecule has 0 spiro atoms. The molecule has 32 heavy (non-hydrogen) atoms. The second-order valence-electron chi connectivity index (χ2n) is 7.47. The summed E-state index contributed by atoms with van der Waals surface area (Å²) in [7, 11) is 0. The maximum atomic E-state index is 12.8. The highest BCUT2D eigenvalue weighted by Gasteiger charge is 2.13. The van der Waals surface area contributed by atoms with Crippen LogP contribution in [0.15, 0.2) is 59.8 Å². The van der Waals surface area contributed by atoms with Crippen LogP contribution in [0.3, 0.4) is 0 Å². The smallest absolute Gasteiger partial charge is 0.264 e. The van der Waals surface area contributed by atoms with E-state index in [1.165, 1.54) is 17.1 Å². The van der Waals surface area contributed by atoms with Crippen LogP contribution in [-0.4, -0.2) is 38.4 Å². The molecule has 8 nitrogen and oxygen atoms in total. The fourth-order valence-electron chi connectivity index (χ4n) is 3.42. The SMILES string of the molecule is Cc1cc(C)cc(-n2ncc3c(=O)n(CC(=O)NCCOc4ccc(Cl)cc4)cnc32)c1. The van der Waals surface area contributed by atoms with Gasteiger partial charge in [0.25, 0.3) is 5.56 Å². The molecule has 0 unspecified atom stereocenters. The van der Waals surface area contributed by atoms with Crippen LogP contribution in [0, 0.1) is 13.8 Å². The maximum absolute atomic E-state index is 12.8. The highest BCUT2D eigenvalue weighted by molar-refractivity contribution is 6.30. The molecule has 4 aromatic rings. The first-order chi connectivity index (χ1) is 15.4. The molecule has 2 aromatic carbocycles. The fraction of sp³-hybridized carbons (Fsp3) is 0.217. The van der Waals surface area contributed by atoms with Gasteiger partial charge in [-0.05, 0) is 61.4 Å². The molecule has 0 fully saturated rings. The Balaban J connectivity index is 1.41. The quantitative estimate of drug-likeness (QED) is 0.436. The van der Waals surface area contributed by atoms with E-state index in [-0.39, 0.29) is 18.0 Å². The number of aryl methyl sites for hydroxylation is 2. The van der Waals surface area contributed by atoms with Gasteiger partial charge in [-0.3, -0.25) is 14.2 Å². The molecule has 0 aliphatic rings. The van der Waals surface area contributed by atoms with E-state index in [0.29, 0.717) is 35.0 Å². The summed E-state index contributed by atoms with van der Waals surface area (Å²) < 4.78 is 8.44. The number of carbonyl (C=O) groups excluding carboxylic acids is 1. The summed E-state index contributed by atoms with van der Waals surface area (Å²) in [6, 6.07) is 13.0. The first-order valence-corrected chi connectivity index (χ1v) is 10.5. The molecule has 9 heteroatoms. The molecule has 1 N–H and O–H groups in total. The molecule has 0 saturated heterocycles. The van der Waals surface area contributed by atoms with E-state index in [4.69, 9.17) is 16.3 Å². The van der Waals surface area contributed by atoms with Crippen molar-refractivity contribution < 1.29 is 9.53 Å². The lowest BCUT2D eigenvalue weighted by Gasteiger charge is -2.09. The van der Waals surface area contributed by atoms with Gasteiger partial charge in [0.2, 0.25) is 5.91 Å². The molecule has 1 amide bonds. The number of rotatable bonds is 7. The van der Waals surface area contributed by atoms with Crippen molar-refractivity contribution in [3.8, 4) is 11.4 Å². The first kappa shape index (κ1) is 21.6. The van der Waals surface area contributed by atoms with Crippen molar-refractivity contribution in [1.29, 1.82) is 0 Å². The number of fused-ring (bicyclic) bond motifs is 1. The van der Waals surface area contributed by atoms with Crippen molar-refractivity contribution in [1.82, 2.24) is 24.6 Å². The van der Waals surface area contributed by atoms with Gasteiger partial charge in [0.1, 0.15) is 30.6 Å². The Labute approximate surface area is 189 Å². The van der Waals surface area contributed by atoms with E-state index in [2.05, 4.69) is 21.5 Å². The maximum Gasteiger partial charge on any atom is 0.264 e. The van der Waals surface area contributed by atoms with Crippen LogP contribution >= 0.6 is 11.6 Å². The van der Waals surface area contributed by atoms with Gasteiger partial charge in [0.05, 0.1) is 18.4 Å². The van der Waals surface area contributed by atoms with Gasteiger partial charge >= 0.3 is 0 Å². The number of ether oxygens (including phenoxy) is 1. The molecular formula is C23H22ClN5O3. The van der Waals surface area contributed by atoms with Crippen LogP contribution in [0.4, 0.5) is 0 Å². The summed E-state index contributed by atoms with van der Waals surface area (Å²) in [5.74, 6) is 0.352. The number of hydrogen-bond donors (Lipinski definition) is 1. The average Bonchev–Trinajstić information content (AvgIpc) is 3.19. The lowest BCUT2D eigenvalue weighted by atomic mass is 10.1. The van der Waals surface area contributed by atoms with Crippen LogP contribution in [0.5, 0.6) is 5.75 Å². The molecule has 0 atom stereocenters.